The number of carbonyl (C=O) groups excluding carboxylic acids is 2. The average Bonchev–Trinajstić information content (AvgIpc) is 2.65. The number of rotatable bonds is 7. The lowest BCUT2D eigenvalue weighted by atomic mass is 10.1. The monoisotopic (exact) mass is 416 g/mol. The topological polar surface area (TPSA) is 95.1 Å². The molecule has 0 aliphatic rings. The molecule has 162 valence electrons. The lowest BCUT2D eigenvalue weighted by Gasteiger charge is -2.19. The first-order valence-electron chi connectivity index (χ1n) is 9.34. The Morgan fingerprint density at radius 2 is 1.50 bits per heavy atom. The van der Waals surface area contributed by atoms with Crippen molar-refractivity contribution in [3.63, 3.8) is 0 Å². The molecule has 0 fully saturated rings. The molecule has 2 aromatic carbocycles. The van der Waals surface area contributed by atoms with Crippen LogP contribution in [0.5, 0.6) is 17.2 Å². The Morgan fingerprint density at radius 1 is 0.867 bits per heavy atom. The van der Waals surface area contributed by atoms with E-state index in [0.717, 1.165) is 5.56 Å². The van der Waals surface area contributed by atoms with Crippen LogP contribution in [0.1, 0.15) is 26.3 Å². The molecule has 8 nitrogen and oxygen atoms in total. The molecule has 0 aliphatic heterocycles. The van der Waals surface area contributed by atoms with Gasteiger partial charge in [0.25, 0.3) is 0 Å². The van der Waals surface area contributed by atoms with Crippen LogP contribution in [-0.4, -0.2) is 38.9 Å². The van der Waals surface area contributed by atoms with E-state index in [2.05, 4.69) is 10.6 Å². The SMILES string of the molecule is COc1cc(NC(=O)Cc2cccc(NC(=O)OC(C)(C)C)c2)cc(OC)c1OC. The Hall–Kier alpha value is -3.42. The molecule has 2 N–H and O–H groups in total. The predicted molar refractivity (Wildman–Crippen MR) is 115 cm³/mol. The fourth-order valence-electron chi connectivity index (χ4n) is 2.72. The lowest BCUT2D eigenvalue weighted by Crippen LogP contribution is -2.27. The van der Waals surface area contributed by atoms with Crippen molar-refractivity contribution in [1.29, 1.82) is 0 Å². The molecule has 30 heavy (non-hydrogen) atoms. The van der Waals surface area contributed by atoms with Crippen LogP contribution in [0.15, 0.2) is 36.4 Å². The highest BCUT2D eigenvalue weighted by Crippen LogP contribution is 2.39. The molecular formula is C22H28N2O6. The molecule has 2 rings (SSSR count). The molecule has 0 unspecified atom stereocenters. The zero-order chi connectivity index (χ0) is 22.3. The summed E-state index contributed by atoms with van der Waals surface area (Å²) in [5, 5.41) is 5.48. The Bertz CT molecular complexity index is 880. The van der Waals surface area contributed by atoms with Crippen molar-refractivity contribution < 1.29 is 28.5 Å². The maximum absolute atomic E-state index is 12.5. The number of anilines is 2. The summed E-state index contributed by atoms with van der Waals surface area (Å²) in [6, 6.07) is 10.3. The van der Waals surface area contributed by atoms with Crippen LogP contribution in [0.25, 0.3) is 0 Å². The van der Waals surface area contributed by atoms with Crippen molar-refractivity contribution in [2.24, 2.45) is 0 Å². The number of amides is 2. The Balaban J connectivity index is 2.07. The quantitative estimate of drug-likeness (QED) is 0.701. The van der Waals surface area contributed by atoms with Crippen LogP contribution in [-0.2, 0) is 16.0 Å². The van der Waals surface area contributed by atoms with Gasteiger partial charge in [0, 0.05) is 23.5 Å². The molecular weight excluding hydrogens is 388 g/mol. The molecule has 2 aromatic rings. The molecule has 0 aromatic heterocycles. The van der Waals surface area contributed by atoms with E-state index in [1.165, 1.54) is 21.3 Å². The van der Waals surface area contributed by atoms with E-state index in [1.807, 2.05) is 0 Å². The minimum atomic E-state index is -0.595. The fourth-order valence-corrected chi connectivity index (χ4v) is 2.72. The van der Waals surface area contributed by atoms with Crippen LogP contribution in [0.2, 0.25) is 0 Å². The van der Waals surface area contributed by atoms with Gasteiger partial charge in [-0.25, -0.2) is 4.79 Å². The zero-order valence-corrected chi connectivity index (χ0v) is 18.1. The molecule has 0 radical (unpaired) electrons. The van der Waals surface area contributed by atoms with E-state index in [9.17, 15) is 9.59 Å². The smallest absolute Gasteiger partial charge is 0.412 e. The van der Waals surface area contributed by atoms with E-state index in [4.69, 9.17) is 18.9 Å². The van der Waals surface area contributed by atoms with Gasteiger partial charge in [0.2, 0.25) is 11.7 Å². The van der Waals surface area contributed by atoms with Crippen LogP contribution in [0, 0.1) is 0 Å². The van der Waals surface area contributed by atoms with Gasteiger partial charge < -0.3 is 24.3 Å². The van der Waals surface area contributed by atoms with E-state index in [0.29, 0.717) is 28.6 Å². The van der Waals surface area contributed by atoms with E-state index in [-0.39, 0.29) is 12.3 Å². The van der Waals surface area contributed by atoms with Gasteiger partial charge >= 0.3 is 6.09 Å². The van der Waals surface area contributed by atoms with Gasteiger partial charge in [-0.1, -0.05) is 12.1 Å². The van der Waals surface area contributed by atoms with E-state index >= 15 is 0 Å². The highest BCUT2D eigenvalue weighted by molar-refractivity contribution is 5.93. The maximum atomic E-state index is 12.5. The second-order valence-electron chi connectivity index (χ2n) is 7.47. The van der Waals surface area contributed by atoms with Crippen molar-refractivity contribution in [1.82, 2.24) is 0 Å². The van der Waals surface area contributed by atoms with Gasteiger partial charge in [0.05, 0.1) is 27.8 Å². The van der Waals surface area contributed by atoms with Gasteiger partial charge in [-0.2, -0.15) is 0 Å². The van der Waals surface area contributed by atoms with Crippen molar-refractivity contribution in [2.75, 3.05) is 32.0 Å². The predicted octanol–water partition coefficient (Wildman–Crippen LogP) is 4.24. The number of nitrogens with one attached hydrogen (secondary N) is 2. The van der Waals surface area contributed by atoms with Crippen LogP contribution >= 0.6 is 0 Å². The van der Waals surface area contributed by atoms with Gasteiger partial charge in [0.15, 0.2) is 11.5 Å². The summed E-state index contributed by atoms with van der Waals surface area (Å²) in [5.74, 6) is 1.09. The molecule has 0 atom stereocenters. The first-order valence-corrected chi connectivity index (χ1v) is 9.34. The number of hydrogen-bond acceptors (Lipinski definition) is 6. The number of ether oxygens (including phenoxy) is 4. The van der Waals surface area contributed by atoms with Gasteiger partial charge in [-0.3, -0.25) is 10.1 Å². The molecule has 0 saturated heterocycles. The zero-order valence-electron chi connectivity index (χ0n) is 18.1. The highest BCUT2D eigenvalue weighted by atomic mass is 16.6. The van der Waals surface area contributed by atoms with Crippen molar-refractivity contribution >= 4 is 23.4 Å². The summed E-state index contributed by atoms with van der Waals surface area (Å²) in [6.07, 6.45) is -0.443. The van der Waals surface area contributed by atoms with E-state index in [1.54, 1.807) is 57.2 Å². The largest absolute Gasteiger partial charge is 0.493 e. The normalized spacial score (nSPS) is 10.7. The maximum Gasteiger partial charge on any atom is 0.412 e. The van der Waals surface area contributed by atoms with Gasteiger partial charge in [0.1, 0.15) is 5.60 Å². The molecule has 0 aliphatic carbocycles. The highest BCUT2D eigenvalue weighted by Gasteiger charge is 2.17. The Kier molecular flexibility index (Phi) is 7.52. The average molecular weight is 416 g/mol. The van der Waals surface area contributed by atoms with Gasteiger partial charge in [-0.05, 0) is 38.5 Å². The third-order valence-corrected chi connectivity index (χ3v) is 3.89. The molecule has 8 heteroatoms. The number of methoxy groups -OCH3 is 3. The van der Waals surface area contributed by atoms with Crippen molar-refractivity contribution in [2.45, 2.75) is 32.8 Å². The summed E-state index contributed by atoms with van der Waals surface area (Å²) in [4.78, 5) is 24.4. The Morgan fingerprint density at radius 3 is 2.03 bits per heavy atom. The molecule has 0 spiro atoms. The summed E-state index contributed by atoms with van der Waals surface area (Å²) < 4.78 is 21.1. The number of benzene rings is 2. The van der Waals surface area contributed by atoms with Gasteiger partial charge in [-0.15, -0.1) is 0 Å². The molecule has 0 heterocycles. The van der Waals surface area contributed by atoms with Crippen molar-refractivity contribution in [3.8, 4) is 17.2 Å². The molecule has 0 bridgehead atoms. The lowest BCUT2D eigenvalue weighted by molar-refractivity contribution is -0.115. The molecule has 2 amide bonds. The standard InChI is InChI=1S/C22H28N2O6/c1-22(2,3)30-21(26)24-15-9-7-8-14(10-15)11-19(25)23-16-12-17(27-4)20(29-6)18(13-16)28-5/h7-10,12-13H,11H2,1-6H3,(H,23,25)(H,24,26). The second kappa shape index (κ2) is 9.87. The minimum Gasteiger partial charge on any atom is -0.493 e. The van der Waals surface area contributed by atoms with E-state index < -0.39 is 11.7 Å². The summed E-state index contributed by atoms with van der Waals surface area (Å²) in [5.41, 5.74) is 1.19. The third-order valence-electron chi connectivity index (χ3n) is 3.89. The minimum absolute atomic E-state index is 0.112. The summed E-state index contributed by atoms with van der Waals surface area (Å²) in [6.45, 7) is 5.36. The van der Waals surface area contributed by atoms with Crippen LogP contribution in [0.4, 0.5) is 16.2 Å². The third kappa shape index (κ3) is 6.58. The second-order valence-corrected chi connectivity index (χ2v) is 7.47. The van der Waals surface area contributed by atoms with Crippen molar-refractivity contribution in [3.05, 3.63) is 42.0 Å². The summed E-state index contributed by atoms with van der Waals surface area (Å²) in [7, 11) is 4.52. The fraction of sp³-hybridized carbons (Fsp3) is 0.364. The number of hydrogen-bond donors (Lipinski definition) is 2. The summed E-state index contributed by atoms with van der Waals surface area (Å²) >= 11 is 0. The molecule has 0 saturated carbocycles. The van der Waals surface area contributed by atoms with Crippen LogP contribution < -0.4 is 24.8 Å². The first kappa shape index (κ1) is 22.9. The Labute approximate surface area is 176 Å². The first-order chi connectivity index (χ1) is 14.1. The van der Waals surface area contributed by atoms with Crippen LogP contribution in [0.3, 0.4) is 0 Å². The number of carbonyl (C=O) groups is 2.